The summed E-state index contributed by atoms with van der Waals surface area (Å²) in [6.45, 7) is -1.02. The number of rotatable bonds is 5. The van der Waals surface area contributed by atoms with Gasteiger partial charge in [0.25, 0.3) is 0 Å². The number of alkyl halides is 3. The highest BCUT2D eigenvalue weighted by Gasteiger charge is 2.27. The summed E-state index contributed by atoms with van der Waals surface area (Å²) < 4.78 is 40.5. The van der Waals surface area contributed by atoms with Crippen molar-refractivity contribution in [3.63, 3.8) is 0 Å². The third-order valence-electron chi connectivity index (χ3n) is 1.76. The van der Waals surface area contributed by atoms with Crippen molar-refractivity contribution < 1.29 is 17.9 Å². The third-order valence-corrected chi connectivity index (χ3v) is 2.58. The molecule has 1 N–H and O–H groups in total. The van der Waals surface area contributed by atoms with Crippen molar-refractivity contribution >= 4 is 33.2 Å². The van der Waals surface area contributed by atoms with E-state index in [4.69, 9.17) is 11.6 Å². The minimum atomic E-state index is -4.28. The van der Waals surface area contributed by atoms with E-state index in [0.717, 1.165) is 4.47 Å². The van der Waals surface area contributed by atoms with Gasteiger partial charge in [0.1, 0.15) is 6.61 Å². The zero-order valence-corrected chi connectivity index (χ0v) is 11.0. The normalized spacial score (nSPS) is 11.6. The molecule has 0 aliphatic rings. The van der Waals surface area contributed by atoms with Crippen LogP contribution in [-0.4, -0.2) is 25.9 Å². The first-order valence-electron chi connectivity index (χ1n) is 4.72. The molecule has 96 valence electrons. The lowest BCUT2D eigenvalue weighted by Gasteiger charge is -2.10. The molecule has 1 aromatic carbocycles. The average molecular weight is 333 g/mol. The van der Waals surface area contributed by atoms with Gasteiger partial charge in [-0.15, -0.1) is 0 Å². The van der Waals surface area contributed by atoms with Crippen LogP contribution in [0.25, 0.3) is 0 Å². The molecule has 0 amide bonds. The Morgan fingerprint density at radius 3 is 2.71 bits per heavy atom. The molecule has 0 aliphatic carbocycles. The SMILES string of the molecule is FC(F)(F)COCCNc1cc(Br)ccc1Cl. The van der Waals surface area contributed by atoms with Gasteiger partial charge in [0.2, 0.25) is 0 Å². The predicted molar refractivity (Wildman–Crippen MR) is 64.5 cm³/mol. The van der Waals surface area contributed by atoms with Crippen LogP contribution in [0.1, 0.15) is 0 Å². The molecule has 0 fully saturated rings. The maximum atomic E-state index is 11.8. The van der Waals surface area contributed by atoms with Gasteiger partial charge >= 0.3 is 6.18 Å². The second kappa shape index (κ2) is 6.47. The third kappa shape index (κ3) is 6.14. The van der Waals surface area contributed by atoms with Crippen LogP contribution in [0.15, 0.2) is 22.7 Å². The molecule has 0 heterocycles. The molecule has 0 saturated heterocycles. The molecule has 7 heteroatoms. The van der Waals surface area contributed by atoms with E-state index in [-0.39, 0.29) is 13.2 Å². The summed E-state index contributed by atoms with van der Waals surface area (Å²) in [5, 5.41) is 3.39. The Morgan fingerprint density at radius 2 is 2.06 bits per heavy atom. The molecule has 0 unspecified atom stereocenters. The van der Waals surface area contributed by atoms with Gasteiger partial charge in [0, 0.05) is 11.0 Å². The molecule has 2 nitrogen and oxygen atoms in total. The summed E-state index contributed by atoms with van der Waals surface area (Å²) in [5.41, 5.74) is 0.650. The number of hydrogen-bond acceptors (Lipinski definition) is 2. The van der Waals surface area contributed by atoms with Crippen molar-refractivity contribution in [2.75, 3.05) is 25.1 Å². The Balaban J connectivity index is 2.29. The van der Waals surface area contributed by atoms with Crippen LogP contribution in [0, 0.1) is 0 Å². The molecule has 1 aromatic rings. The smallest absolute Gasteiger partial charge is 0.381 e. The molecular weight excluding hydrogens is 322 g/mol. The van der Waals surface area contributed by atoms with Crippen LogP contribution >= 0.6 is 27.5 Å². The second-order valence-corrected chi connectivity index (χ2v) is 4.54. The minimum Gasteiger partial charge on any atom is -0.381 e. The molecule has 0 saturated carbocycles. The van der Waals surface area contributed by atoms with Crippen LogP contribution < -0.4 is 5.32 Å². The molecule has 0 aromatic heterocycles. The largest absolute Gasteiger partial charge is 0.411 e. The zero-order chi connectivity index (χ0) is 12.9. The van der Waals surface area contributed by atoms with E-state index in [1.165, 1.54) is 0 Å². The number of benzene rings is 1. The highest BCUT2D eigenvalue weighted by atomic mass is 79.9. The van der Waals surface area contributed by atoms with E-state index in [2.05, 4.69) is 26.0 Å². The fraction of sp³-hybridized carbons (Fsp3) is 0.400. The molecule has 17 heavy (non-hydrogen) atoms. The van der Waals surface area contributed by atoms with Crippen LogP contribution in [0.4, 0.5) is 18.9 Å². The highest BCUT2D eigenvalue weighted by molar-refractivity contribution is 9.10. The van der Waals surface area contributed by atoms with Crippen LogP contribution in [0.3, 0.4) is 0 Å². The van der Waals surface area contributed by atoms with Gasteiger partial charge in [0.05, 0.1) is 17.3 Å². The van der Waals surface area contributed by atoms with E-state index in [1.807, 2.05) is 0 Å². The average Bonchev–Trinajstić information content (AvgIpc) is 2.21. The molecule has 0 atom stereocenters. The van der Waals surface area contributed by atoms with E-state index in [0.29, 0.717) is 10.7 Å². The molecule has 1 rings (SSSR count). The maximum Gasteiger partial charge on any atom is 0.411 e. The summed E-state index contributed by atoms with van der Waals surface area (Å²) in [4.78, 5) is 0. The van der Waals surface area contributed by atoms with E-state index < -0.39 is 12.8 Å². The summed E-state index contributed by atoms with van der Waals surface area (Å²) in [6.07, 6.45) is -4.28. The van der Waals surface area contributed by atoms with Gasteiger partial charge in [-0.25, -0.2) is 0 Å². The topological polar surface area (TPSA) is 21.3 Å². The lowest BCUT2D eigenvalue weighted by molar-refractivity contribution is -0.172. The first-order valence-corrected chi connectivity index (χ1v) is 5.89. The molecule has 0 bridgehead atoms. The van der Waals surface area contributed by atoms with Crippen molar-refractivity contribution in [2.24, 2.45) is 0 Å². The predicted octanol–water partition coefficient (Wildman–Crippen LogP) is 4.09. The number of nitrogens with one attached hydrogen (secondary N) is 1. The van der Waals surface area contributed by atoms with Crippen LogP contribution in [-0.2, 0) is 4.74 Å². The van der Waals surface area contributed by atoms with Crippen molar-refractivity contribution in [3.05, 3.63) is 27.7 Å². The fourth-order valence-corrected chi connectivity index (χ4v) is 1.62. The summed E-state index contributed by atoms with van der Waals surface area (Å²) >= 11 is 9.14. The van der Waals surface area contributed by atoms with Crippen molar-refractivity contribution in [2.45, 2.75) is 6.18 Å². The van der Waals surface area contributed by atoms with Gasteiger partial charge in [-0.05, 0) is 18.2 Å². The number of ether oxygens (including phenoxy) is 1. The lowest BCUT2D eigenvalue weighted by Crippen LogP contribution is -2.20. The monoisotopic (exact) mass is 331 g/mol. The Kier molecular flexibility index (Phi) is 5.55. The molecule has 0 radical (unpaired) electrons. The second-order valence-electron chi connectivity index (χ2n) is 3.22. The van der Waals surface area contributed by atoms with Crippen LogP contribution in [0.5, 0.6) is 0 Å². The van der Waals surface area contributed by atoms with Crippen molar-refractivity contribution in [3.8, 4) is 0 Å². The number of hydrogen-bond donors (Lipinski definition) is 1. The van der Waals surface area contributed by atoms with Gasteiger partial charge in [0.15, 0.2) is 0 Å². The van der Waals surface area contributed by atoms with Crippen LogP contribution in [0.2, 0.25) is 5.02 Å². The van der Waals surface area contributed by atoms with Gasteiger partial charge in [-0.3, -0.25) is 0 Å². The fourth-order valence-electron chi connectivity index (χ4n) is 1.08. The maximum absolute atomic E-state index is 11.8. The van der Waals surface area contributed by atoms with E-state index in [9.17, 15) is 13.2 Å². The molecular formula is C10H10BrClF3NO. The first-order chi connectivity index (χ1) is 7.88. The summed E-state index contributed by atoms with van der Waals surface area (Å²) in [6, 6.07) is 5.20. The number of anilines is 1. The van der Waals surface area contributed by atoms with E-state index in [1.54, 1.807) is 18.2 Å². The van der Waals surface area contributed by atoms with Gasteiger partial charge in [-0.2, -0.15) is 13.2 Å². The van der Waals surface area contributed by atoms with Gasteiger partial charge in [-0.1, -0.05) is 27.5 Å². The summed E-state index contributed by atoms with van der Waals surface area (Å²) in [7, 11) is 0. The minimum absolute atomic E-state index is 0.0393. The van der Waals surface area contributed by atoms with Crippen molar-refractivity contribution in [1.82, 2.24) is 0 Å². The quantitative estimate of drug-likeness (QED) is 0.820. The molecule has 0 aliphatic heterocycles. The zero-order valence-electron chi connectivity index (χ0n) is 8.65. The highest BCUT2D eigenvalue weighted by Crippen LogP contribution is 2.25. The molecule has 0 spiro atoms. The first kappa shape index (κ1) is 14.6. The Labute approximate surface area is 110 Å². The van der Waals surface area contributed by atoms with Crippen molar-refractivity contribution in [1.29, 1.82) is 0 Å². The Bertz CT molecular complexity index is 373. The number of halogens is 5. The summed E-state index contributed by atoms with van der Waals surface area (Å²) in [5.74, 6) is 0. The Hall–Kier alpha value is -0.460. The Morgan fingerprint density at radius 1 is 1.35 bits per heavy atom. The standard InChI is InChI=1S/C10H10BrClF3NO/c11-7-1-2-8(12)9(5-7)16-3-4-17-6-10(13,14)15/h1-2,5,16H,3-4,6H2. The lowest BCUT2D eigenvalue weighted by atomic mass is 10.3. The van der Waals surface area contributed by atoms with E-state index >= 15 is 0 Å². The van der Waals surface area contributed by atoms with Gasteiger partial charge < -0.3 is 10.1 Å².